The zero-order valence-electron chi connectivity index (χ0n) is 9.05. The van der Waals surface area contributed by atoms with Crippen molar-refractivity contribution in [2.24, 2.45) is 0 Å². The lowest BCUT2D eigenvalue weighted by atomic mass is 10.0. The Labute approximate surface area is 108 Å². The van der Waals surface area contributed by atoms with Crippen LogP contribution in [0.5, 0.6) is 5.75 Å². The maximum atomic E-state index is 11.0. The van der Waals surface area contributed by atoms with Crippen LogP contribution in [0.1, 0.15) is 31.9 Å². The van der Waals surface area contributed by atoms with E-state index in [9.17, 15) is 9.90 Å². The Morgan fingerprint density at radius 1 is 1.62 bits per heavy atom. The summed E-state index contributed by atoms with van der Waals surface area (Å²) in [4.78, 5) is 11.0. The first-order valence-electron chi connectivity index (χ1n) is 4.90. The molecule has 1 amide bonds. The molecule has 0 spiro atoms. The summed E-state index contributed by atoms with van der Waals surface area (Å²) in [6, 6.07) is 3.04. The van der Waals surface area contributed by atoms with Gasteiger partial charge in [0.05, 0.1) is 10.5 Å². The molecule has 0 saturated heterocycles. The molecular weight excluding hydrogens is 293 g/mol. The molecule has 0 unspecified atom stereocenters. The summed E-state index contributed by atoms with van der Waals surface area (Å²) in [5.74, 6) is -0.0210. The third kappa shape index (κ3) is 3.12. The molecule has 3 nitrogen and oxygen atoms in total. The van der Waals surface area contributed by atoms with E-state index in [1.54, 1.807) is 12.1 Å². The lowest BCUT2D eigenvalue weighted by Crippen LogP contribution is -2.25. The highest BCUT2D eigenvalue weighted by Crippen LogP contribution is 2.36. The van der Waals surface area contributed by atoms with E-state index < -0.39 is 0 Å². The van der Waals surface area contributed by atoms with Crippen LogP contribution in [0.25, 0.3) is 0 Å². The minimum absolute atomic E-state index is 0.116. The van der Waals surface area contributed by atoms with E-state index in [4.69, 9.17) is 11.6 Å². The molecule has 88 valence electrons. The molecule has 2 N–H and O–H groups in total. The van der Waals surface area contributed by atoms with Crippen LogP contribution in [0.15, 0.2) is 16.6 Å². The lowest BCUT2D eigenvalue weighted by Gasteiger charge is -2.18. The minimum Gasteiger partial charge on any atom is -0.506 e. The molecule has 16 heavy (non-hydrogen) atoms. The fourth-order valence-corrected chi connectivity index (χ4v) is 2.33. The van der Waals surface area contributed by atoms with E-state index in [-0.39, 0.29) is 17.7 Å². The van der Waals surface area contributed by atoms with Gasteiger partial charge < -0.3 is 10.4 Å². The second-order valence-electron chi connectivity index (χ2n) is 3.49. The van der Waals surface area contributed by atoms with Gasteiger partial charge in [-0.1, -0.05) is 18.5 Å². The predicted octanol–water partition coefficient (Wildman–Crippen LogP) is 3.40. The van der Waals surface area contributed by atoms with Crippen LogP contribution in [-0.4, -0.2) is 11.0 Å². The van der Waals surface area contributed by atoms with Gasteiger partial charge in [-0.3, -0.25) is 4.79 Å². The van der Waals surface area contributed by atoms with Gasteiger partial charge in [0.25, 0.3) is 0 Å². The first-order valence-corrected chi connectivity index (χ1v) is 6.07. The molecule has 0 fully saturated rings. The number of phenols is 1. The Morgan fingerprint density at radius 3 is 2.75 bits per heavy atom. The van der Waals surface area contributed by atoms with E-state index in [0.717, 1.165) is 0 Å². The highest BCUT2D eigenvalue weighted by molar-refractivity contribution is 9.10. The van der Waals surface area contributed by atoms with Gasteiger partial charge in [0.1, 0.15) is 5.75 Å². The quantitative estimate of drug-likeness (QED) is 0.899. The summed E-state index contributed by atoms with van der Waals surface area (Å²) >= 11 is 9.12. The SMILES string of the molecule is CC[C@H](NC(C)=O)c1cc(Cl)cc(Br)c1O. The average Bonchev–Trinajstić information content (AvgIpc) is 2.20. The molecule has 0 saturated carbocycles. The van der Waals surface area contributed by atoms with Crippen molar-refractivity contribution in [3.8, 4) is 5.75 Å². The minimum atomic E-state index is -0.229. The van der Waals surface area contributed by atoms with Gasteiger partial charge in [-0.25, -0.2) is 0 Å². The largest absolute Gasteiger partial charge is 0.506 e. The van der Waals surface area contributed by atoms with Crippen molar-refractivity contribution in [1.29, 1.82) is 0 Å². The molecule has 5 heteroatoms. The number of hydrogen-bond donors (Lipinski definition) is 2. The van der Waals surface area contributed by atoms with Gasteiger partial charge in [-0.05, 0) is 34.5 Å². The third-order valence-corrected chi connectivity index (χ3v) is 3.04. The van der Waals surface area contributed by atoms with Crippen molar-refractivity contribution in [2.45, 2.75) is 26.3 Å². The number of halogens is 2. The van der Waals surface area contributed by atoms with Gasteiger partial charge in [-0.15, -0.1) is 0 Å². The third-order valence-electron chi connectivity index (χ3n) is 2.22. The molecule has 1 rings (SSSR count). The topological polar surface area (TPSA) is 49.3 Å². The van der Waals surface area contributed by atoms with E-state index in [2.05, 4.69) is 21.2 Å². The highest BCUT2D eigenvalue weighted by atomic mass is 79.9. The molecule has 1 aromatic rings. The average molecular weight is 307 g/mol. The van der Waals surface area contributed by atoms with Crippen LogP contribution >= 0.6 is 27.5 Å². The summed E-state index contributed by atoms with van der Waals surface area (Å²) in [5.41, 5.74) is 0.622. The molecule has 0 heterocycles. The number of aromatic hydroxyl groups is 1. The van der Waals surface area contributed by atoms with Crippen LogP contribution in [0.2, 0.25) is 5.02 Å². The van der Waals surface area contributed by atoms with Gasteiger partial charge in [0.15, 0.2) is 0 Å². The van der Waals surface area contributed by atoms with Crippen LogP contribution in [0.4, 0.5) is 0 Å². The number of amides is 1. The first kappa shape index (κ1) is 13.3. The first-order chi connectivity index (χ1) is 7.45. The molecule has 0 aliphatic rings. The molecule has 0 radical (unpaired) electrons. The Bertz CT molecular complexity index is 409. The monoisotopic (exact) mass is 305 g/mol. The van der Waals surface area contributed by atoms with E-state index in [1.165, 1.54) is 6.92 Å². The van der Waals surface area contributed by atoms with Gasteiger partial charge in [0.2, 0.25) is 5.91 Å². The maximum absolute atomic E-state index is 11.0. The van der Waals surface area contributed by atoms with Crippen LogP contribution in [-0.2, 0) is 4.79 Å². The molecule has 1 atom stereocenters. The molecular formula is C11H13BrClNO2. The Kier molecular flexibility index (Phi) is 4.62. The Morgan fingerprint density at radius 2 is 2.25 bits per heavy atom. The van der Waals surface area contributed by atoms with Crippen LogP contribution in [0, 0.1) is 0 Å². The highest BCUT2D eigenvalue weighted by Gasteiger charge is 2.17. The molecule has 0 bridgehead atoms. The lowest BCUT2D eigenvalue weighted by molar-refractivity contribution is -0.119. The van der Waals surface area contributed by atoms with E-state index in [1.807, 2.05) is 6.92 Å². The Hall–Kier alpha value is -0.740. The maximum Gasteiger partial charge on any atom is 0.217 e. The number of phenolic OH excluding ortho intramolecular Hbond substituents is 1. The summed E-state index contributed by atoms with van der Waals surface area (Å²) in [6.07, 6.45) is 0.680. The fourth-order valence-electron chi connectivity index (χ4n) is 1.50. The zero-order valence-corrected chi connectivity index (χ0v) is 11.4. The normalized spacial score (nSPS) is 12.2. The van der Waals surface area contributed by atoms with Gasteiger partial charge >= 0.3 is 0 Å². The second kappa shape index (κ2) is 5.55. The van der Waals surface area contributed by atoms with Crippen molar-refractivity contribution in [1.82, 2.24) is 5.32 Å². The zero-order chi connectivity index (χ0) is 12.3. The molecule has 0 aliphatic heterocycles. The van der Waals surface area contributed by atoms with Crippen LogP contribution in [0.3, 0.4) is 0 Å². The van der Waals surface area contributed by atoms with E-state index in [0.29, 0.717) is 21.5 Å². The van der Waals surface area contributed by atoms with Crippen molar-refractivity contribution >= 4 is 33.4 Å². The number of carbonyl (C=O) groups excluding carboxylic acids is 1. The number of carbonyl (C=O) groups is 1. The van der Waals surface area contributed by atoms with Gasteiger partial charge in [-0.2, -0.15) is 0 Å². The summed E-state index contributed by atoms with van der Waals surface area (Å²) in [6.45, 7) is 3.37. The standard InChI is InChI=1S/C11H13BrClNO2/c1-3-10(14-6(2)15)8-4-7(13)5-9(12)11(8)16/h4-5,10,16H,3H2,1-2H3,(H,14,15)/t10-/m0/s1. The second-order valence-corrected chi connectivity index (χ2v) is 4.78. The number of hydrogen-bond acceptors (Lipinski definition) is 2. The van der Waals surface area contributed by atoms with Crippen molar-refractivity contribution < 1.29 is 9.90 Å². The molecule has 1 aromatic carbocycles. The van der Waals surface area contributed by atoms with Crippen molar-refractivity contribution in [3.63, 3.8) is 0 Å². The Balaban J connectivity index is 3.13. The van der Waals surface area contributed by atoms with E-state index >= 15 is 0 Å². The summed E-state index contributed by atoms with van der Waals surface area (Å²) in [5, 5.41) is 13.2. The summed E-state index contributed by atoms with van der Waals surface area (Å²) < 4.78 is 0.527. The van der Waals surface area contributed by atoms with Crippen molar-refractivity contribution in [2.75, 3.05) is 0 Å². The van der Waals surface area contributed by atoms with Crippen LogP contribution < -0.4 is 5.32 Å². The fraction of sp³-hybridized carbons (Fsp3) is 0.364. The predicted molar refractivity (Wildman–Crippen MR) is 67.7 cm³/mol. The number of nitrogens with one attached hydrogen (secondary N) is 1. The smallest absolute Gasteiger partial charge is 0.217 e. The van der Waals surface area contributed by atoms with Crippen molar-refractivity contribution in [3.05, 3.63) is 27.2 Å². The molecule has 0 aliphatic carbocycles. The number of rotatable bonds is 3. The number of benzene rings is 1. The van der Waals surface area contributed by atoms with Gasteiger partial charge in [0, 0.05) is 17.5 Å². The summed E-state index contributed by atoms with van der Waals surface area (Å²) in [7, 11) is 0. The molecule has 0 aromatic heterocycles.